The molecule has 0 N–H and O–H groups in total. The summed E-state index contributed by atoms with van der Waals surface area (Å²) in [5, 5.41) is 0. The maximum Gasteiger partial charge on any atom is 0.462 e. The van der Waals surface area contributed by atoms with Gasteiger partial charge in [0.25, 0.3) is 6.36 Å². The van der Waals surface area contributed by atoms with Crippen LogP contribution in [0.25, 0.3) is 0 Å². The van der Waals surface area contributed by atoms with Crippen LogP contribution >= 0.6 is 0 Å². The standard InChI is InChI=1S/C14HF29O4/c15-1(2(16,17)18)44-12(38,39)4(21,8(27,28)29)46-14(42,43)6(23,10(33,34)35)47-13(40,41)5(22,9(30,31)32)45-11(36,37)3(19,20)7(24,25)26/h1H/t1-,4-,5-,6+/m1/s1. The molecule has 4 nitrogen and oxygen atoms in total. The summed E-state index contributed by atoms with van der Waals surface area (Å²) in [6, 6.07) is 0. The summed E-state index contributed by atoms with van der Waals surface area (Å²) in [5.74, 6) is -35.1. The molecule has 0 rings (SSSR count). The van der Waals surface area contributed by atoms with Gasteiger partial charge < -0.3 is 0 Å². The minimum absolute atomic E-state index is 0.844. The van der Waals surface area contributed by atoms with Crippen molar-refractivity contribution in [3.05, 3.63) is 0 Å². The second-order valence-electron chi connectivity index (χ2n) is 7.70. The molecule has 0 aromatic heterocycles. The van der Waals surface area contributed by atoms with Gasteiger partial charge >= 0.3 is 78.8 Å². The zero-order valence-corrected chi connectivity index (χ0v) is 19.7. The summed E-state index contributed by atoms with van der Waals surface area (Å²) < 4.78 is 381. The number of hydrogen-bond donors (Lipinski definition) is 0. The third-order valence-corrected chi connectivity index (χ3v) is 4.25. The van der Waals surface area contributed by atoms with Crippen LogP contribution in [-0.4, -0.2) is 85.2 Å². The zero-order valence-electron chi connectivity index (χ0n) is 19.7. The van der Waals surface area contributed by atoms with E-state index in [1.807, 2.05) is 0 Å². The molecule has 0 amide bonds. The van der Waals surface area contributed by atoms with Crippen LogP contribution in [-0.2, 0) is 18.9 Å². The van der Waals surface area contributed by atoms with Gasteiger partial charge in [0.1, 0.15) is 0 Å². The van der Waals surface area contributed by atoms with E-state index in [9.17, 15) is 127 Å². The molecule has 0 spiro atoms. The Hall–Kier alpha value is -2.19. The Labute approximate surface area is 233 Å². The van der Waals surface area contributed by atoms with Crippen molar-refractivity contribution in [3.8, 4) is 0 Å². The summed E-state index contributed by atoms with van der Waals surface area (Å²) in [7, 11) is 0. The Balaban J connectivity index is 7.48. The van der Waals surface area contributed by atoms with E-state index in [1.165, 1.54) is 4.74 Å². The lowest BCUT2D eigenvalue weighted by Gasteiger charge is -2.43. The molecule has 0 saturated carbocycles. The second-order valence-corrected chi connectivity index (χ2v) is 7.70. The first kappa shape index (κ1) is 44.8. The zero-order chi connectivity index (χ0) is 38.9. The predicted molar refractivity (Wildman–Crippen MR) is 75.8 cm³/mol. The average molecular weight is 784 g/mol. The fraction of sp³-hybridized carbons (Fsp3) is 1.00. The summed E-state index contributed by atoms with van der Waals surface area (Å²) in [6.07, 6.45) is -81.9. The molecule has 0 saturated heterocycles. The molecular weight excluding hydrogens is 783 g/mol. The number of alkyl halides is 29. The molecule has 0 unspecified atom stereocenters. The molecule has 33 heteroatoms. The van der Waals surface area contributed by atoms with Crippen molar-refractivity contribution in [2.75, 3.05) is 0 Å². The van der Waals surface area contributed by atoms with E-state index < -0.39 is 85.2 Å². The Morgan fingerprint density at radius 1 is 0.298 bits per heavy atom. The van der Waals surface area contributed by atoms with Gasteiger partial charge in [0, 0.05) is 0 Å². The van der Waals surface area contributed by atoms with Gasteiger partial charge in [0.2, 0.25) is 0 Å². The van der Waals surface area contributed by atoms with Crippen LogP contribution in [0.15, 0.2) is 0 Å². The van der Waals surface area contributed by atoms with E-state index in [-0.39, 0.29) is 0 Å². The molecule has 284 valence electrons. The Bertz CT molecular complexity index is 1080. The molecule has 0 fully saturated rings. The van der Waals surface area contributed by atoms with Crippen molar-refractivity contribution in [2.24, 2.45) is 0 Å². The van der Waals surface area contributed by atoms with Gasteiger partial charge in [-0.25, -0.2) is 4.39 Å². The fourth-order valence-corrected chi connectivity index (χ4v) is 2.01. The lowest BCUT2D eigenvalue weighted by Crippen LogP contribution is -2.71. The molecule has 0 aromatic carbocycles. The molecule has 0 bridgehead atoms. The lowest BCUT2D eigenvalue weighted by molar-refractivity contribution is -0.590. The SMILES string of the molecule is F[C@H](OC(F)(F)[C@](F)(OC(F)(F)[C@@](F)(OC(F)(F)[C@](F)(OC(F)(F)C(F)(F)C(F)(F)F)C(F)(F)F)C(F)(F)F)C(F)(F)F)C(F)(F)F. The third-order valence-electron chi connectivity index (χ3n) is 4.25. The van der Waals surface area contributed by atoms with E-state index in [2.05, 4.69) is 0 Å². The van der Waals surface area contributed by atoms with Gasteiger partial charge in [-0.15, -0.1) is 0 Å². The van der Waals surface area contributed by atoms with Crippen molar-refractivity contribution >= 4 is 0 Å². The minimum Gasteiger partial charge on any atom is -0.272 e. The molecule has 0 heterocycles. The highest BCUT2D eigenvalue weighted by molar-refractivity contribution is 4.98. The highest BCUT2D eigenvalue weighted by atomic mass is 19.4. The summed E-state index contributed by atoms with van der Waals surface area (Å²) in [5.41, 5.74) is 0. The first-order valence-electron chi connectivity index (χ1n) is 9.46. The van der Waals surface area contributed by atoms with Gasteiger partial charge in [-0.1, -0.05) is 0 Å². The van der Waals surface area contributed by atoms with Crippen molar-refractivity contribution in [1.82, 2.24) is 0 Å². The summed E-state index contributed by atoms with van der Waals surface area (Å²) >= 11 is 0. The Morgan fingerprint density at radius 2 is 0.532 bits per heavy atom. The van der Waals surface area contributed by atoms with Crippen LogP contribution in [0, 0.1) is 0 Å². The Kier molecular flexibility index (Phi) is 11.2. The van der Waals surface area contributed by atoms with Crippen LogP contribution in [0.3, 0.4) is 0 Å². The van der Waals surface area contributed by atoms with Crippen molar-refractivity contribution in [3.63, 3.8) is 0 Å². The minimum atomic E-state index is -9.13. The van der Waals surface area contributed by atoms with Crippen molar-refractivity contribution in [2.45, 2.75) is 85.2 Å². The van der Waals surface area contributed by atoms with Gasteiger partial charge in [0.15, 0.2) is 0 Å². The normalized spacial score (nSPS) is 20.4. The van der Waals surface area contributed by atoms with Gasteiger partial charge in [-0.2, -0.15) is 123 Å². The first-order chi connectivity index (χ1) is 19.7. The van der Waals surface area contributed by atoms with Gasteiger partial charge in [0.05, 0.1) is 0 Å². The maximum atomic E-state index is 14.2. The molecule has 47 heavy (non-hydrogen) atoms. The quantitative estimate of drug-likeness (QED) is 0.185. The molecular formula is C14HF29O4. The number of rotatable bonds is 12. The predicted octanol–water partition coefficient (Wildman–Crippen LogP) is 9.16. The van der Waals surface area contributed by atoms with Gasteiger partial charge in [-0.3, -0.25) is 18.9 Å². The van der Waals surface area contributed by atoms with E-state index >= 15 is 0 Å². The van der Waals surface area contributed by atoms with Crippen LogP contribution in [0.4, 0.5) is 127 Å². The number of hydrogen-bond acceptors (Lipinski definition) is 4. The maximum absolute atomic E-state index is 14.2. The first-order valence-corrected chi connectivity index (χ1v) is 9.46. The van der Waals surface area contributed by atoms with Gasteiger partial charge in [-0.05, 0) is 0 Å². The molecule has 0 aliphatic heterocycles. The monoisotopic (exact) mass is 784 g/mol. The average Bonchev–Trinajstić information content (AvgIpc) is 2.73. The van der Waals surface area contributed by atoms with E-state index in [0.717, 1.165) is 14.2 Å². The van der Waals surface area contributed by atoms with Crippen LogP contribution in [0.5, 0.6) is 0 Å². The largest absolute Gasteiger partial charge is 0.462 e. The van der Waals surface area contributed by atoms with Crippen LogP contribution in [0.2, 0.25) is 0 Å². The van der Waals surface area contributed by atoms with E-state index in [4.69, 9.17) is 0 Å². The number of ether oxygens (including phenoxy) is 4. The van der Waals surface area contributed by atoms with Crippen molar-refractivity contribution < 1.29 is 146 Å². The molecule has 0 aliphatic rings. The van der Waals surface area contributed by atoms with Crippen molar-refractivity contribution in [1.29, 1.82) is 0 Å². The third kappa shape index (κ3) is 7.84. The molecule has 4 atom stereocenters. The van der Waals surface area contributed by atoms with E-state index in [1.54, 1.807) is 0 Å². The smallest absolute Gasteiger partial charge is 0.272 e. The number of halogens is 29. The Morgan fingerprint density at radius 3 is 0.745 bits per heavy atom. The summed E-state index contributed by atoms with van der Waals surface area (Å²) in [4.78, 5) is 0. The summed E-state index contributed by atoms with van der Waals surface area (Å²) in [6.45, 7) is 0. The van der Waals surface area contributed by atoms with E-state index in [0.29, 0.717) is 0 Å². The molecule has 0 radical (unpaired) electrons. The lowest BCUT2D eigenvalue weighted by atomic mass is 10.2. The topological polar surface area (TPSA) is 36.9 Å². The van der Waals surface area contributed by atoms with Crippen LogP contribution < -0.4 is 0 Å². The fourth-order valence-electron chi connectivity index (χ4n) is 2.01. The van der Waals surface area contributed by atoms with Crippen LogP contribution in [0.1, 0.15) is 0 Å². The second kappa shape index (κ2) is 11.7. The highest BCUT2D eigenvalue weighted by Gasteiger charge is 2.89. The molecule has 0 aliphatic carbocycles. The molecule has 0 aromatic rings. The highest BCUT2D eigenvalue weighted by Crippen LogP contribution is 2.60.